The molecule has 158 valence electrons. The van der Waals surface area contributed by atoms with Gasteiger partial charge in [0.15, 0.2) is 0 Å². The van der Waals surface area contributed by atoms with Gasteiger partial charge in [-0.15, -0.1) is 0 Å². The van der Waals surface area contributed by atoms with Gasteiger partial charge in [-0.2, -0.15) is 13.2 Å². The molecule has 2 rings (SSSR count). The molecule has 0 N–H and O–H groups in total. The van der Waals surface area contributed by atoms with Gasteiger partial charge >= 0.3 is 12.1 Å². The molecule has 0 amide bonds. The molecule has 0 unspecified atom stereocenters. The molecule has 1 saturated carbocycles. The predicted molar refractivity (Wildman–Crippen MR) is 100 cm³/mol. The summed E-state index contributed by atoms with van der Waals surface area (Å²) in [6, 6.07) is 2.19. The van der Waals surface area contributed by atoms with Crippen molar-refractivity contribution in [3.05, 3.63) is 29.6 Å². The highest BCUT2D eigenvalue weighted by molar-refractivity contribution is 5.72. The number of halogens is 4. The van der Waals surface area contributed by atoms with Crippen molar-refractivity contribution in [2.45, 2.75) is 83.7 Å². The Morgan fingerprint density at radius 1 is 1.04 bits per heavy atom. The van der Waals surface area contributed by atoms with Crippen LogP contribution in [-0.4, -0.2) is 5.97 Å². The van der Waals surface area contributed by atoms with E-state index in [9.17, 15) is 22.4 Å². The van der Waals surface area contributed by atoms with E-state index in [2.05, 4.69) is 6.92 Å². The van der Waals surface area contributed by atoms with Gasteiger partial charge < -0.3 is 4.74 Å². The molecular weight excluding hydrogens is 372 g/mol. The maximum Gasteiger partial charge on any atom is 0.419 e. The normalized spacial score (nSPS) is 20.2. The van der Waals surface area contributed by atoms with Crippen LogP contribution in [0.2, 0.25) is 0 Å². The Kier molecular flexibility index (Phi) is 8.77. The van der Waals surface area contributed by atoms with E-state index in [0.717, 1.165) is 24.8 Å². The van der Waals surface area contributed by atoms with Crippen LogP contribution in [0.15, 0.2) is 18.2 Å². The van der Waals surface area contributed by atoms with Crippen molar-refractivity contribution in [3.8, 4) is 5.75 Å². The summed E-state index contributed by atoms with van der Waals surface area (Å²) >= 11 is 0. The van der Waals surface area contributed by atoms with E-state index >= 15 is 0 Å². The van der Waals surface area contributed by atoms with E-state index in [-0.39, 0.29) is 12.2 Å². The molecule has 1 aromatic rings. The first-order valence-corrected chi connectivity index (χ1v) is 10.4. The van der Waals surface area contributed by atoms with E-state index < -0.39 is 23.5 Å². The standard InChI is InChI=1S/C22H30F4O2/c1-2-3-4-5-6-16-7-9-17(10-8-16)11-14-21(27)28-18-12-13-19(20(23)15-18)22(24,25)26/h12-13,15-17H,2-11,14H2,1H3. The summed E-state index contributed by atoms with van der Waals surface area (Å²) in [5.74, 6) is -0.860. The van der Waals surface area contributed by atoms with Crippen molar-refractivity contribution >= 4 is 5.97 Å². The van der Waals surface area contributed by atoms with Crippen LogP contribution in [0.5, 0.6) is 5.75 Å². The molecule has 1 aliphatic carbocycles. The molecule has 0 heterocycles. The summed E-state index contributed by atoms with van der Waals surface area (Å²) in [6.07, 6.45) is 7.26. The van der Waals surface area contributed by atoms with Crippen molar-refractivity contribution in [2.75, 3.05) is 0 Å². The third-order valence-corrected chi connectivity index (χ3v) is 5.67. The first kappa shape index (κ1) is 22.7. The van der Waals surface area contributed by atoms with Crippen LogP contribution in [0.1, 0.15) is 83.1 Å². The van der Waals surface area contributed by atoms with Gasteiger partial charge in [-0.25, -0.2) is 4.39 Å². The average Bonchev–Trinajstić information content (AvgIpc) is 2.63. The van der Waals surface area contributed by atoms with Gasteiger partial charge in [0.25, 0.3) is 0 Å². The number of ether oxygens (including phenoxy) is 1. The highest BCUT2D eigenvalue weighted by Crippen LogP contribution is 2.35. The third kappa shape index (κ3) is 7.44. The van der Waals surface area contributed by atoms with E-state index in [1.54, 1.807) is 0 Å². The van der Waals surface area contributed by atoms with Gasteiger partial charge in [0.05, 0.1) is 5.56 Å². The number of carbonyl (C=O) groups excluding carboxylic acids is 1. The lowest BCUT2D eigenvalue weighted by Gasteiger charge is -2.28. The number of rotatable bonds is 9. The second-order valence-electron chi connectivity index (χ2n) is 7.89. The van der Waals surface area contributed by atoms with Gasteiger partial charge in [-0.3, -0.25) is 4.79 Å². The summed E-state index contributed by atoms with van der Waals surface area (Å²) in [6.45, 7) is 2.21. The molecule has 0 bridgehead atoms. The van der Waals surface area contributed by atoms with E-state index in [1.807, 2.05) is 0 Å². The Morgan fingerprint density at radius 3 is 2.25 bits per heavy atom. The number of carbonyl (C=O) groups is 1. The first-order chi connectivity index (χ1) is 13.3. The Hall–Kier alpha value is -1.59. The molecule has 1 aromatic carbocycles. The Balaban J connectivity index is 1.69. The Bertz CT molecular complexity index is 619. The Morgan fingerprint density at radius 2 is 1.68 bits per heavy atom. The van der Waals surface area contributed by atoms with Crippen molar-refractivity contribution in [1.82, 2.24) is 0 Å². The fourth-order valence-corrected chi connectivity index (χ4v) is 3.96. The van der Waals surface area contributed by atoms with Gasteiger partial charge in [0, 0.05) is 12.5 Å². The minimum atomic E-state index is -4.76. The molecule has 0 radical (unpaired) electrons. The van der Waals surface area contributed by atoms with Crippen LogP contribution in [0, 0.1) is 17.7 Å². The quantitative estimate of drug-likeness (QED) is 0.187. The fourth-order valence-electron chi connectivity index (χ4n) is 3.96. The predicted octanol–water partition coefficient (Wildman–Crippen LogP) is 7.31. The summed E-state index contributed by atoms with van der Waals surface area (Å²) in [4.78, 5) is 11.9. The molecule has 2 nitrogen and oxygen atoms in total. The zero-order chi connectivity index (χ0) is 20.6. The van der Waals surface area contributed by atoms with Crippen LogP contribution in [-0.2, 0) is 11.0 Å². The number of esters is 1. The lowest BCUT2D eigenvalue weighted by Crippen LogP contribution is -2.17. The maximum absolute atomic E-state index is 13.5. The summed E-state index contributed by atoms with van der Waals surface area (Å²) in [5, 5.41) is 0. The van der Waals surface area contributed by atoms with Crippen molar-refractivity contribution in [3.63, 3.8) is 0 Å². The molecule has 0 aromatic heterocycles. The minimum Gasteiger partial charge on any atom is -0.426 e. The summed E-state index contributed by atoms with van der Waals surface area (Å²) in [5.41, 5.74) is -1.36. The SMILES string of the molecule is CCCCCCC1CCC(CCC(=O)Oc2ccc(C(F)(F)F)c(F)c2)CC1. The van der Waals surface area contributed by atoms with Crippen molar-refractivity contribution in [1.29, 1.82) is 0 Å². The van der Waals surface area contributed by atoms with Crippen LogP contribution in [0.4, 0.5) is 17.6 Å². The molecule has 1 fully saturated rings. The third-order valence-electron chi connectivity index (χ3n) is 5.67. The number of hydrogen-bond acceptors (Lipinski definition) is 2. The number of benzene rings is 1. The largest absolute Gasteiger partial charge is 0.426 e. The van der Waals surface area contributed by atoms with Crippen molar-refractivity contribution in [2.24, 2.45) is 11.8 Å². The van der Waals surface area contributed by atoms with E-state index in [0.29, 0.717) is 24.5 Å². The zero-order valence-electron chi connectivity index (χ0n) is 16.5. The van der Waals surface area contributed by atoms with Gasteiger partial charge in [0.1, 0.15) is 11.6 Å². The zero-order valence-corrected chi connectivity index (χ0v) is 16.5. The van der Waals surface area contributed by atoms with Crippen LogP contribution < -0.4 is 4.74 Å². The lowest BCUT2D eigenvalue weighted by atomic mass is 9.78. The molecular formula is C22H30F4O2. The van der Waals surface area contributed by atoms with E-state index in [4.69, 9.17) is 4.74 Å². The van der Waals surface area contributed by atoms with Gasteiger partial charge in [0.2, 0.25) is 0 Å². The number of hydrogen-bond donors (Lipinski definition) is 0. The second kappa shape index (κ2) is 10.8. The molecule has 0 atom stereocenters. The smallest absolute Gasteiger partial charge is 0.419 e. The van der Waals surface area contributed by atoms with Gasteiger partial charge in [-0.05, 0) is 30.4 Å². The van der Waals surface area contributed by atoms with Crippen LogP contribution in [0.25, 0.3) is 0 Å². The summed E-state index contributed by atoms with van der Waals surface area (Å²) in [7, 11) is 0. The highest BCUT2D eigenvalue weighted by atomic mass is 19.4. The minimum absolute atomic E-state index is 0.189. The molecule has 1 aliphatic rings. The molecule has 0 aliphatic heterocycles. The number of alkyl halides is 3. The molecule has 6 heteroatoms. The van der Waals surface area contributed by atoms with Crippen molar-refractivity contribution < 1.29 is 27.1 Å². The summed E-state index contributed by atoms with van der Waals surface area (Å²) < 4.78 is 56.2. The average molecular weight is 402 g/mol. The first-order valence-electron chi connectivity index (χ1n) is 10.4. The maximum atomic E-state index is 13.5. The number of unbranched alkanes of at least 4 members (excludes halogenated alkanes) is 3. The Labute approximate surface area is 164 Å². The van der Waals surface area contributed by atoms with Crippen LogP contribution >= 0.6 is 0 Å². The van der Waals surface area contributed by atoms with E-state index in [1.165, 1.54) is 44.9 Å². The second-order valence-corrected chi connectivity index (χ2v) is 7.89. The molecule has 0 spiro atoms. The highest BCUT2D eigenvalue weighted by Gasteiger charge is 2.34. The van der Waals surface area contributed by atoms with Gasteiger partial charge in [-0.1, -0.05) is 64.7 Å². The lowest BCUT2D eigenvalue weighted by molar-refractivity contribution is -0.140. The topological polar surface area (TPSA) is 26.3 Å². The fraction of sp³-hybridized carbons (Fsp3) is 0.682. The molecule has 0 saturated heterocycles. The monoisotopic (exact) mass is 402 g/mol. The van der Waals surface area contributed by atoms with Crippen LogP contribution in [0.3, 0.4) is 0 Å². The molecule has 28 heavy (non-hydrogen) atoms.